The van der Waals surface area contributed by atoms with Crippen LogP contribution in [0, 0.1) is 0 Å². The van der Waals surface area contributed by atoms with Crippen LogP contribution in [-0.2, 0) is 13.0 Å². The summed E-state index contributed by atoms with van der Waals surface area (Å²) >= 11 is 6.30. The maximum absolute atomic E-state index is 13.1. The van der Waals surface area contributed by atoms with Crippen molar-refractivity contribution >= 4 is 28.4 Å². The predicted molar refractivity (Wildman–Crippen MR) is 99.0 cm³/mol. The first-order valence-corrected chi connectivity index (χ1v) is 8.75. The molecule has 0 radical (unpaired) electrons. The lowest BCUT2D eigenvalue weighted by atomic mass is 9.99. The van der Waals surface area contributed by atoms with E-state index in [0.29, 0.717) is 45.5 Å². The summed E-state index contributed by atoms with van der Waals surface area (Å²) in [5, 5.41) is 14.6. The molecule has 0 atom stereocenters. The van der Waals surface area contributed by atoms with Crippen molar-refractivity contribution in [2.24, 2.45) is 0 Å². The van der Waals surface area contributed by atoms with Gasteiger partial charge in [-0.25, -0.2) is 0 Å². The minimum atomic E-state index is -0.136. The van der Waals surface area contributed by atoms with Crippen molar-refractivity contribution in [1.82, 2.24) is 20.6 Å². The number of benzene rings is 2. The van der Waals surface area contributed by atoms with Crippen LogP contribution in [0.2, 0.25) is 5.02 Å². The van der Waals surface area contributed by atoms with E-state index >= 15 is 0 Å². The highest BCUT2D eigenvalue weighted by Crippen LogP contribution is 2.31. The molecule has 136 valence electrons. The van der Waals surface area contributed by atoms with Gasteiger partial charge >= 0.3 is 0 Å². The van der Waals surface area contributed by atoms with Crippen molar-refractivity contribution in [2.75, 3.05) is 0 Å². The molecule has 2 aromatic heterocycles. The summed E-state index contributed by atoms with van der Waals surface area (Å²) in [6.07, 6.45) is 0.620. The zero-order chi connectivity index (χ0) is 18.8. The molecule has 0 saturated carbocycles. The molecular weight excluding hydrogens is 368 g/mol. The van der Waals surface area contributed by atoms with Gasteiger partial charge in [0.05, 0.1) is 10.6 Å². The minimum Gasteiger partial charge on any atom is -0.484 e. The van der Waals surface area contributed by atoms with Gasteiger partial charge in [-0.3, -0.25) is 4.79 Å². The number of nitrogens with zero attached hydrogens (tertiary/aromatic N) is 3. The van der Waals surface area contributed by atoms with Gasteiger partial charge in [0.1, 0.15) is 17.1 Å². The number of furan rings is 1. The summed E-state index contributed by atoms with van der Waals surface area (Å²) in [5.74, 6) is 1.37. The maximum Gasteiger partial charge on any atom is 0.211 e. The summed E-state index contributed by atoms with van der Waals surface area (Å²) in [6.45, 7) is 2.08. The number of nitrogens with one attached hydrogen (secondary N) is 1. The third-order valence-electron chi connectivity index (χ3n) is 4.16. The predicted octanol–water partition coefficient (Wildman–Crippen LogP) is 3.97. The Morgan fingerprint density at radius 2 is 2.11 bits per heavy atom. The van der Waals surface area contributed by atoms with E-state index in [1.807, 2.05) is 31.2 Å². The highest BCUT2D eigenvalue weighted by Gasteiger charge is 2.21. The van der Waals surface area contributed by atoms with Crippen LogP contribution in [0.3, 0.4) is 0 Å². The fourth-order valence-corrected chi connectivity index (χ4v) is 3.12. The van der Waals surface area contributed by atoms with Gasteiger partial charge in [0.15, 0.2) is 12.4 Å². The van der Waals surface area contributed by atoms with E-state index in [2.05, 4.69) is 20.6 Å². The third kappa shape index (κ3) is 3.29. The molecule has 0 bridgehead atoms. The average molecular weight is 383 g/mol. The van der Waals surface area contributed by atoms with Crippen LogP contribution in [0.1, 0.15) is 34.4 Å². The number of fused-ring (bicyclic) bond motifs is 1. The molecule has 0 spiro atoms. The SMILES string of the molecule is CCc1oc2ccccc2c1C(=O)c1ccc(OCc2nn[nH]n2)c(Cl)c1. The summed E-state index contributed by atoms with van der Waals surface area (Å²) in [7, 11) is 0. The quantitative estimate of drug-likeness (QED) is 0.507. The molecule has 2 aromatic carbocycles. The number of aryl methyl sites for hydroxylation is 1. The number of aromatic nitrogens is 4. The number of H-pyrrole nitrogens is 1. The number of ketones is 1. The fourth-order valence-electron chi connectivity index (χ4n) is 2.88. The van der Waals surface area contributed by atoms with Crippen molar-refractivity contribution in [2.45, 2.75) is 20.0 Å². The zero-order valence-corrected chi connectivity index (χ0v) is 15.2. The first-order valence-electron chi connectivity index (χ1n) is 8.37. The molecule has 0 fully saturated rings. The van der Waals surface area contributed by atoms with Gasteiger partial charge in [0.2, 0.25) is 5.82 Å². The van der Waals surface area contributed by atoms with Crippen LogP contribution < -0.4 is 4.74 Å². The highest BCUT2D eigenvalue weighted by atomic mass is 35.5. The number of hydrogen-bond acceptors (Lipinski definition) is 6. The Bertz CT molecular complexity index is 1110. The van der Waals surface area contributed by atoms with Crippen molar-refractivity contribution < 1.29 is 13.9 Å². The van der Waals surface area contributed by atoms with E-state index < -0.39 is 0 Å². The van der Waals surface area contributed by atoms with Gasteiger partial charge in [-0.2, -0.15) is 5.21 Å². The van der Waals surface area contributed by atoms with E-state index in [9.17, 15) is 4.79 Å². The Kier molecular flexibility index (Phi) is 4.60. The number of aromatic amines is 1. The number of ether oxygens (including phenoxy) is 1. The van der Waals surface area contributed by atoms with Crippen LogP contribution in [0.15, 0.2) is 46.9 Å². The van der Waals surface area contributed by atoms with Crippen molar-refractivity contribution in [1.29, 1.82) is 0 Å². The summed E-state index contributed by atoms with van der Waals surface area (Å²) in [6, 6.07) is 12.4. The third-order valence-corrected chi connectivity index (χ3v) is 4.45. The molecule has 0 amide bonds. The number of carbonyl (C=O) groups is 1. The van der Waals surface area contributed by atoms with Crippen molar-refractivity contribution in [3.8, 4) is 5.75 Å². The fraction of sp³-hybridized carbons (Fsp3) is 0.158. The molecule has 0 aliphatic carbocycles. The Morgan fingerprint density at radius 1 is 1.26 bits per heavy atom. The molecule has 4 aromatic rings. The molecule has 8 heteroatoms. The standard InChI is InChI=1S/C19H15ClN4O3/c1-2-14-18(12-5-3-4-6-15(12)27-14)19(25)11-7-8-16(13(20)9-11)26-10-17-21-23-24-22-17/h3-9H,2,10H2,1H3,(H,21,22,23,24). The van der Waals surface area contributed by atoms with Crippen molar-refractivity contribution in [3.63, 3.8) is 0 Å². The second kappa shape index (κ2) is 7.20. The van der Waals surface area contributed by atoms with E-state index in [-0.39, 0.29) is 12.4 Å². The smallest absolute Gasteiger partial charge is 0.211 e. The van der Waals surface area contributed by atoms with Gasteiger partial charge in [-0.05, 0) is 24.3 Å². The Balaban J connectivity index is 1.64. The Morgan fingerprint density at radius 3 is 2.85 bits per heavy atom. The molecule has 0 unspecified atom stereocenters. The zero-order valence-electron chi connectivity index (χ0n) is 14.4. The van der Waals surface area contributed by atoms with Gasteiger partial charge in [-0.1, -0.05) is 41.9 Å². The number of tetrazole rings is 1. The maximum atomic E-state index is 13.1. The number of halogens is 1. The van der Waals surface area contributed by atoms with Crippen LogP contribution in [0.5, 0.6) is 5.75 Å². The summed E-state index contributed by atoms with van der Waals surface area (Å²) < 4.78 is 11.4. The van der Waals surface area contributed by atoms with Gasteiger partial charge in [0, 0.05) is 17.4 Å². The number of rotatable bonds is 6. The van der Waals surface area contributed by atoms with Gasteiger partial charge in [0.25, 0.3) is 0 Å². The van der Waals surface area contributed by atoms with E-state index in [1.54, 1.807) is 18.2 Å². The Hall–Kier alpha value is -3.19. The number of para-hydroxylation sites is 1. The summed E-state index contributed by atoms with van der Waals surface area (Å²) in [5.41, 5.74) is 1.74. The minimum absolute atomic E-state index is 0.121. The lowest BCUT2D eigenvalue weighted by molar-refractivity contribution is 0.103. The molecule has 7 nitrogen and oxygen atoms in total. The van der Waals surface area contributed by atoms with Crippen LogP contribution in [-0.4, -0.2) is 26.4 Å². The average Bonchev–Trinajstić information content (AvgIpc) is 3.33. The molecule has 0 saturated heterocycles. The Labute approximate surface area is 159 Å². The van der Waals surface area contributed by atoms with Crippen LogP contribution in [0.25, 0.3) is 11.0 Å². The molecule has 2 heterocycles. The van der Waals surface area contributed by atoms with Crippen LogP contribution in [0.4, 0.5) is 0 Å². The van der Waals surface area contributed by atoms with E-state index in [1.165, 1.54) is 0 Å². The molecule has 4 rings (SSSR count). The van der Waals surface area contributed by atoms with E-state index in [4.69, 9.17) is 20.8 Å². The topological polar surface area (TPSA) is 93.9 Å². The second-order valence-electron chi connectivity index (χ2n) is 5.84. The molecule has 0 aliphatic rings. The molecule has 0 aliphatic heterocycles. The van der Waals surface area contributed by atoms with Gasteiger partial charge in [-0.15, -0.1) is 10.2 Å². The largest absolute Gasteiger partial charge is 0.484 e. The van der Waals surface area contributed by atoms with Gasteiger partial charge < -0.3 is 9.15 Å². The first-order chi connectivity index (χ1) is 13.2. The molecule has 1 N–H and O–H groups in total. The number of hydrogen-bond donors (Lipinski definition) is 1. The normalized spacial score (nSPS) is 11.0. The molecule has 27 heavy (non-hydrogen) atoms. The van der Waals surface area contributed by atoms with E-state index in [0.717, 1.165) is 5.39 Å². The lowest BCUT2D eigenvalue weighted by Gasteiger charge is -2.08. The molecular formula is C19H15ClN4O3. The first kappa shape index (κ1) is 17.2. The lowest BCUT2D eigenvalue weighted by Crippen LogP contribution is -2.04. The second-order valence-corrected chi connectivity index (χ2v) is 6.25. The monoisotopic (exact) mass is 382 g/mol. The van der Waals surface area contributed by atoms with Crippen LogP contribution >= 0.6 is 11.6 Å². The summed E-state index contributed by atoms with van der Waals surface area (Å²) in [4.78, 5) is 13.1. The highest BCUT2D eigenvalue weighted by molar-refractivity contribution is 6.32. The number of carbonyl (C=O) groups excluding carboxylic acids is 1. The van der Waals surface area contributed by atoms with Crippen molar-refractivity contribution in [3.05, 3.63) is 70.2 Å².